The third kappa shape index (κ3) is 33.8. The maximum Gasteiger partial charge on any atom is 0.0198 e. The van der Waals surface area contributed by atoms with Crippen LogP contribution in [0, 0.1) is 55.3 Å². The van der Waals surface area contributed by atoms with Gasteiger partial charge in [0.25, 0.3) is 0 Å². The molecule has 7 aromatic heterocycles. The van der Waals surface area contributed by atoms with Crippen molar-refractivity contribution in [1.29, 1.82) is 0 Å². The smallest absolute Gasteiger partial charge is 0.0198 e. The molecule has 0 spiro atoms. The molecule has 0 saturated carbocycles. The van der Waals surface area contributed by atoms with Crippen LogP contribution in [-0.2, 0) is 118 Å². The molecular weight excluding hydrogens is 2540 g/mol. The van der Waals surface area contributed by atoms with Crippen molar-refractivity contribution in [3.05, 3.63) is 502 Å². The van der Waals surface area contributed by atoms with Crippen molar-refractivity contribution in [3.63, 3.8) is 0 Å². The first kappa shape index (κ1) is 108. The van der Waals surface area contributed by atoms with Crippen LogP contribution in [0.2, 0.25) is 0 Å². The summed E-state index contributed by atoms with van der Waals surface area (Å²) < 4.78 is 0. The van der Waals surface area contributed by atoms with Gasteiger partial charge in [0.2, 0.25) is 0 Å². The molecule has 0 aliphatic heterocycles. The predicted molar refractivity (Wildman–Crippen MR) is 542 cm³/mol. The summed E-state index contributed by atoms with van der Waals surface area (Å²) in [6.45, 7) is 24.1. The summed E-state index contributed by atoms with van der Waals surface area (Å²) in [6.07, 6.45) is 14.3. The van der Waals surface area contributed by atoms with E-state index in [9.17, 15) is 0 Å². The zero-order valence-electron chi connectivity index (χ0n) is 77.7. The largest absolute Gasteiger partial charge is 0.305 e. The molecule has 0 fully saturated rings. The molecular formula is C123H108Ir5N7-7. The molecule has 0 saturated heterocycles. The molecule has 0 aliphatic carbocycles. The van der Waals surface area contributed by atoms with Gasteiger partial charge in [-0.2, -0.15) is 0 Å². The molecule has 12 heteroatoms. The molecule has 7 heterocycles. The van der Waals surface area contributed by atoms with E-state index in [0.717, 1.165) is 85.2 Å². The summed E-state index contributed by atoms with van der Waals surface area (Å²) in [6, 6.07) is 154. The van der Waals surface area contributed by atoms with Crippen LogP contribution in [0.5, 0.6) is 0 Å². The van der Waals surface area contributed by atoms with Gasteiger partial charge < -0.3 is 34.9 Å². The number of pyridine rings is 7. The SMILES string of the molecule is CC(C)(C)c1ccc(-c2[c-]ccc(-c3ccccc3)c2)nc1.CC(C)(C)c1ccnc(-c2[c-]ccc(-c3ccccc3)c2)c1.CC(C)Cc1ccnc(-c2[c-]ccc(-c3ccccc3)c2)c1.CC(C)c1ccc(-c2[c-]ccc(-c3ccccc3)c2)nc1.Cc1ccc(-c2[c-]ccc(-c3ccccc3)c2)nc1.[Ir].[Ir].[Ir].[Ir].[Ir].[c-]1ccccc1-c1ccccn1.[c-]1ccccc1-c1ccccn1. The van der Waals surface area contributed by atoms with E-state index in [2.05, 4.69) is 383 Å². The summed E-state index contributed by atoms with van der Waals surface area (Å²) >= 11 is 0. The molecule has 0 N–H and O–H groups in total. The second-order valence-electron chi connectivity index (χ2n) is 34.1. The fourth-order valence-electron chi connectivity index (χ4n) is 14.1. The molecule has 7 nitrogen and oxygen atoms in total. The maximum atomic E-state index is 4.62. The van der Waals surface area contributed by atoms with Gasteiger partial charge in [-0.25, -0.2) is 0 Å². The first-order valence-electron chi connectivity index (χ1n) is 44.2. The Morgan fingerprint density at radius 1 is 0.230 bits per heavy atom. The molecule has 135 heavy (non-hydrogen) atoms. The van der Waals surface area contributed by atoms with Crippen molar-refractivity contribution < 1.29 is 101 Å². The second-order valence-corrected chi connectivity index (χ2v) is 34.1. The Hall–Kier alpha value is -12.1. The van der Waals surface area contributed by atoms with Crippen molar-refractivity contribution in [2.45, 2.75) is 99.3 Å². The van der Waals surface area contributed by atoms with Gasteiger partial charge in [-0.3, -0.25) is 0 Å². The van der Waals surface area contributed by atoms with E-state index in [4.69, 9.17) is 0 Å². The summed E-state index contributed by atoms with van der Waals surface area (Å²) in [5.41, 5.74) is 32.6. The number of hydrogen-bond acceptors (Lipinski definition) is 7. The zero-order chi connectivity index (χ0) is 90.7. The van der Waals surface area contributed by atoms with Crippen molar-refractivity contribution in [2.75, 3.05) is 0 Å². The van der Waals surface area contributed by atoms with E-state index >= 15 is 0 Å². The number of benzene rings is 12. The average Bonchev–Trinajstić information content (AvgIpc) is 0.807. The third-order valence-electron chi connectivity index (χ3n) is 21.3. The molecule has 0 atom stereocenters. The van der Waals surface area contributed by atoms with Gasteiger partial charge in [-0.15, -0.1) is 249 Å². The van der Waals surface area contributed by atoms with Crippen LogP contribution in [-0.4, -0.2) is 34.9 Å². The van der Waals surface area contributed by atoms with Gasteiger partial charge in [0.1, 0.15) is 0 Å². The van der Waals surface area contributed by atoms with E-state index in [1.54, 1.807) is 12.4 Å². The number of aryl methyl sites for hydroxylation is 1. The minimum Gasteiger partial charge on any atom is -0.305 e. The predicted octanol–water partition coefficient (Wildman–Crippen LogP) is 31.4. The van der Waals surface area contributed by atoms with E-state index in [1.807, 2.05) is 190 Å². The molecule has 5 radical (unpaired) electrons. The van der Waals surface area contributed by atoms with Crippen LogP contribution in [0.4, 0.5) is 0 Å². The van der Waals surface area contributed by atoms with Crippen LogP contribution >= 0.6 is 0 Å². The van der Waals surface area contributed by atoms with Crippen LogP contribution in [0.15, 0.2) is 432 Å². The Labute approximate surface area is 868 Å². The van der Waals surface area contributed by atoms with Crippen molar-refractivity contribution in [1.82, 2.24) is 34.9 Å². The van der Waals surface area contributed by atoms with Crippen molar-refractivity contribution >= 4 is 0 Å². The van der Waals surface area contributed by atoms with E-state index in [1.165, 1.54) is 83.5 Å². The van der Waals surface area contributed by atoms with E-state index < -0.39 is 0 Å². The first-order valence-corrected chi connectivity index (χ1v) is 44.2. The maximum absolute atomic E-state index is 4.62. The van der Waals surface area contributed by atoms with Crippen LogP contribution in [0.1, 0.15) is 103 Å². The van der Waals surface area contributed by atoms with E-state index in [0.29, 0.717) is 11.8 Å². The monoisotopic (exact) mass is 2650 g/mol. The van der Waals surface area contributed by atoms with Gasteiger partial charge >= 0.3 is 0 Å². The summed E-state index contributed by atoms with van der Waals surface area (Å²) in [5.74, 6) is 1.15. The minimum atomic E-state index is 0. The van der Waals surface area contributed by atoms with Gasteiger partial charge in [0.15, 0.2) is 0 Å². The van der Waals surface area contributed by atoms with Gasteiger partial charge in [0, 0.05) is 144 Å². The number of nitrogens with zero attached hydrogens (tertiary/aromatic N) is 7. The Balaban J connectivity index is 0.000000194. The molecule has 0 aliphatic rings. The van der Waals surface area contributed by atoms with Crippen LogP contribution in [0.25, 0.3) is 134 Å². The van der Waals surface area contributed by atoms with E-state index in [-0.39, 0.29) is 111 Å². The Morgan fingerprint density at radius 2 is 0.541 bits per heavy atom. The van der Waals surface area contributed by atoms with Crippen LogP contribution in [0.3, 0.4) is 0 Å². The molecule has 19 rings (SSSR count). The third-order valence-corrected chi connectivity index (χ3v) is 21.3. The fraction of sp³-hybridized carbons (Fsp3) is 0.130. The number of rotatable bonds is 15. The topological polar surface area (TPSA) is 90.2 Å². The number of aromatic nitrogens is 7. The normalized spacial score (nSPS) is 10.3. The van der Waals surface area contributed by atoms with Gasteiger partial charge in [-0.05, 0) is 150 Å². The van der Waals surface area contributed by atoms with Crippen molar-refractivity contribution in [2.24, 2.45) is 5.92 Å². The molecule has 12 aromatic carbocycles. The zero-order valence-corrected chi connectivity index (χ0v) is 89.6. The van der Waals surface area contributed by atoms with Crippen molar-refractivity contribution in [3.8, 4) is 134 Å². The Morgan fingerprint density at radius 3 is 0.844 bits per heavy atom. The van der Waals surface area contributed by atoms with Gasteiger partial charge in [-0.1, -0.05) is 299 Å². The summed E-state index contributed by atoms with van der Waals surface area (Å²) in [4.78, 5) is 31.1. The second kappa shape index (κ2) is 55.7. The minimum absolute atomic E-state index is 0. The molecule has 687 valence electrons. The summed E-state index contributed by atoms with van der Waals surface area (Å²) in [5, 5.41) is 0. The molecule has 0 amide bonds. The molecule has 0 bridgehead atoms. The number of hydrogen-bond donors (Lipinski definition) is 0. The van der Waals surface area contributed by atoms with Gasteiger partial charge in [0.05, 0.1) is 0 Å². The fourth-order valence-corrected chi connectivity index (χ4v) is 14.1. The van der Waals surface area contributed by atoms with Crippen LogP contribution < -0.4 is 0 Å². The average molecular weight is 2650 g/mol. The standard InChI is InChI=1S/3C21H20N.C20H18N.C18H14N.2C11H8N.5Ir/c1-21(2,3)19-12-13-22-20(15-19)18-11-7-10-17(14-18)16-8-5-4-6-9-16;1-21(2,3)19-12-13-20(22-15-19)18-11-7-10-17(14-18)16-8-5-4-6-9-16;1-16(2)13-17-11-12-22-21(14-17)20-10-6-9-19(15-20)18-7-4-3-5-8-18;1-15(2)19-11-12-20(21-14-19)18-10-6-9-17(13-18)16-7-4-3-5-8-16;1-14-10-11-18(19-13-14)17-9-5-8-16(12-17)15-6-3-2-4-7-15;2*1-2-6-10(7-3-1)11-8-4-5-9-12-11;;;;;/h2*4-10,12-15H,1-3H3;3-9,11-12,14-16H,13H2,1-2H3;3-9,11-15H,1-2H3;2-8,10-13H,1H3;2*1-6,8-9H;;;;;/q7*-1;;;;;. The Bertz CT molecular complexity index is 6450. The molecule has 19 aromatic rings. The Kier molecular flexibility index (Phi) is 44.7. The quantitative estimate of drug-likeness (QED) is 0.0945. The first-order chi connectivity index (χ1) is 63.3. The summed E-state index contributed by atoms with van der Waals surface area (Å²) in [7, 11) is 0. The molecule has 0 unspecified atom stereocenters.